The first-order valence-electron chi connectivity index (χ1n) is 7.40. The molecule has 0 aromatic rings. The molecule has 1 saturated heterocycles. The zero-order valence-electron chi connectivity index (χ0n) is 11.9. The summed E-state index contributed by atoms with van der Waals surface area (Å²) in [6.45, 7) is 15.2. The van der Waals surface area contributed by atoms with Gasteiger partial charge in [0.2, 0.25) is 0 Å². The number of rotatable bonds is 8. The molecule has 1 aliphatic rings. The first-order chi connectivity index (χ1) is 8.33. The summed E-state index contributed by atoms with van der Waals surface area (Å²) in [6.07, 6.45) is 11.6. The van der Waals surface area contributed by atoms with Crippen molar-refractivity contribution in [3.63, 3.8) is 0 Å². The predicted molar refractivity (Wildman–Crippen MR) is 73.0 cm³/mol. The van der Waals surface area contributed by atoms with E-state index in [1.54, 1.807) is 0 Å². The Bertz CT molecular complexity index is 181. The third-order valence-corrected chi connectivity index (χ3v) is 4.17. The molecule has 2 nitrogen and oxygen atoms in total. The molecule has 0 aliphatic carbocycles. The van der Waals surface area contributed by atoms with Gasteiger partial charge in [0.15, 0.2) is 0 Å². The van der Waals surface area contributed by atoms with E-state index < -0.39 is 0 Å². The normalized spacial score (nSPS) is 17.4. The van der Waals surface area contributed by atoms with Gasteiger partial charge in [-0.2, -0.15) is 0 Å². The number of nitrogens with zero attached hydrogens (tertiary/aromatic N) is 2. The van der Waals surface area contributed by atoms with Crippen LogP contribution in [0.4, 0.5) is 0 Å². The quantitative estimate of drug-likeness (QED) is 0.355. The molecule has 0 spiro atoms. The van der Waals surface area contributed by atoms with Crippen LogP contribution in [0.1, 0.15) is 65.2 Å². The summed E-state index contributed by atoms with van der Waals surface area (Å²) >= 11 is 0. The first-order valence-corrected chi connectivity index (χ1v) is 7.40. The predicted octanol–water partition coefficient (Wildman–Crippen LogP) is 4.07. The topological polar surface area (TPSA) is 23.8 Å². The summed E-state index contributed by atoms with van der Waals surface area (Å²) in [4.78, 5) is 0. The molecule has 0 unspecified atom stereocenters. The minimum atomic E-state index is 1.37. The highest BCUT2D eigenvalue weighted by molar-refractivity contribution is 4.54. The second kappa shape index (κ2) is 10.6. The Morgan fingerprint density at radius 1 is 0.882 bits per heavy atom. The lowest BCUT2D eigenvalue weighted by Crippen LogP contribution is -2.45. The van der Waals surface area contributed by atoms with Gasteiger partial charge in [-0.15, -0.1) is 0 Å². The van der Waals surface area contributed by atoms with E-state index in [0.717, 1.165) is 0 Å². The lowest BCUT2D eigenvalue weighted by Gasteiger charge is -2.33. The minimum absolute atomic E-state index is 1.37. The Hall–Kier alpha value is -0.550. The molecular weight excluding hydrogens is 208 g/mol. The van der Waals surface area contributed by atoms with E-state index in [9.17, 15) is 0 Å². The van der Waals surface area contributed by atoms with E-state index >= 15 is 0 Å². The number of likely N-dealkylation sites (tertiary alicyclic amines) is 1. The Kier molecular flexibility index (Phi) is 10.3. The van der Waals surface area contributed by atoms with Gasteiger partial charge in [-0.25, -0.2) is 0 Å². The molecule has 1 rings (SSSR count). The van der Waals surface area contributed by atoms with Crippen molar-refractivity contribution in [1.29, 1.82) is 5.26 Å². The highest BCUT2D eigenvalue weighted by Crippen LogP contribution is 2.20. The monoisotopic (exact) mass is 238 g/mol. The van der Waals surface area contributed by atoms with Crippen molar-refractivity contribution in [2.75, 3.05) is 26.2 Å². The van der Waals surface area contributed by atoms with Crippen LogP contribution in [0, 0.1) is 11.8 Å². The second-order valence-electron chi connectivity index (χ2n) is 5.30. The Morgan fingerprint density at radius 3 is 1.94 bits per heavy atom. The van der Waals surface area contributed by atoms with Crippen molar-refractivity contribution < 1.29 is 4.48 Å². The van der Waals surface area contributed by atoms with E-state index in [2.05, 4.69) is 13.8 Å². The summed E-state index contributed by atoms with van der Waals surface area (Å²) in [5.41, 5.74) is 0. The van der Waals surface area contributed by atoms with Crippen molar-refractivity contribution >= 4 is 0 Å². The lowest BCUT2D eigenvalue weighted by molar-refractivity contribution is -0.915. The van der Waals surface area contributed by atoms with Crippen LogP contribution in [-0.2, 0) is 0 Å². The van der Waals surface area contributed by atoms with Crippen molar-refractivity contribution in [2.45, 2.75) is 65.2 Å². The molecule has 100 valence electrons. The minimum Gasteiger partial charge on any atom is -0.512 e. The largest absolute Gasteiger partial charge is 0.512 e. The van der Waals surface area contributed by atoms with Crippen molar-refractivity contribution in [1.82, 2.24) is 0 Å². The summed E-state index contributed by atoms with van der Waals surface area (Å²) in [7, 11) is 0. The molecule has 0 aromatic heterocycles. The molecule has 0 amide bonds. The van der Waals surface area contributed by atoms with Gasteiger partial charge >= 0.3 is 0 Å². The molecular formula is C15H30N2. The fourth-order valence-corrected chi connectivity index (χ4v) is 2.93. The summed E-state index contributed by atoms with van der Waals surface area (Å²) in [5, 5.41) is 6.25. The van der Waals surface area contributed by atoms with Gasteiger partial charge in [0.05, 0.1) is 26.2 Å². The van der Waals surface area contributed by atoms with Gasteiger partial charge in [0.25, 0.3) is 0 Å². The van der Waals surface area contributed by atoms with Crippen molar-refractivity contribution in [2.24, 2.45) is 0 Å². The van der Waals surface area contributed by atoms with Crippen molar-refractivity contribution in [3.8, 4) is 0 Å². The highest BCUT2D eigenvalue weighted by Gasteiger charge is 2.28. The van der Waals surface area contributed by atoms with Crippen LogP contribution in [0.5, 0.6) is 0 Å². The summed E-state index contributed by atoms with van der Waals surface area (Å²) < 4.78 is 1.44. The fourth-order valence-electron chi connectivity index (χ4n) is 2.93. The fraction of sp³-hybridized carbons (Fsp3) is 0.933. The van der Waals surface area contributed by atoms with E-state index in [0.29, 0.717) is 0 Å². The highest BCUT2D eigenvalue weighted by atomic mass is 15.4. The molecule has 1 heterocycles. The van der Waals surface area contributed by atoms with E-state index in [1.165, 1.54) is 82.0 Å². The summed E-state index contributed by atoms with van der Waals surface area (Å²) in [6, 6.07) is 0. The smallest absolute Gasteiger partial charge is 0.0788 e. The van der Waals surface area contributed by atoms with Crippen LogP contribution in [0.15, 0.2) is 0 Å². The Morgan fingerprint density at radius 2 is 1.41 bits per heavy atom. The molecule has 0 N–H and O–H groups in total. The van der Waals surface area contributed by atoms with Crippen LogP contribution in [0.25, 0.3) is 0 Å². The van der Waals surface area contributed by atoms with Gasteiger partial charge < -0.3 is 16.3 Å². The molecule has 17 heavy (non-hydrogen) atoms. The third kappa shape index (κ3) is 6.68. The molecule has 0 radical (unpaired) electrons. The average Bonchev–Trinajstić information content (AvgIpc) is 2.85. The van der Waals surface area contributed by atoms with Crippen molar-refractivity contribution in [3.05, 3.63) is 6.57 Å². The number of hydrogen-bond acceptors (Lipinski definition) is 1. The van der Waals surface area contributed by atoms with Crippen LogP contribution < -0.4 is 0 Å². The molecule has 0 saturated carbocycles. The molecule has 0 atom stereocenters. The van der Waals surface area contributed by atoms with Crippen LogP contribution in [0.3, 0.4) is 0 Å². The third-order valence-electron chi connectivity index (χ3n) is 4.17. The maximum absolute atomic E-state index is 6.25. The number of quaternary nitrogens is 1. The molecule has 0 bridgehead atoms. The second-order valence-corrected chi connectivity index (χ2v) is 5.30. The lowest BCUT2D eigenvalue weighted by atomic mass is 10.1. The molecule has 1 aliphatic heterocycles. The van der Waals surface area contributed by atoms with Gasteiger partial charge in [-0.05, 0) is 19.8 Å². The van der Waals surface area contributed by atoms with Gasteiger partial charge in [0, 0.05) is 12.8 Å². The van der Waals surface area contributed by atoms with E-state index in [4.69, 9.17) is 11.8 Å². The maximum Gasteiger partial charge on any atom is 0.0788 e. The maximum atomic E-state index is 6.25. The Labute approximate surface area is 108 Å². The SMILES string of the molecule is CCCCCCCC[N+]1(CC)CCCC1.[C-]#N. The molecule has 1 fully saturated rings. The average molecular weight is 238 g/mol. The van der Waals surface area contributed by atoms with E-state index in [-0.39, 0.29) is 0 Å². The zero-order valence-corrected chi connectivity index (χ0v) is 11.9. The Balaban J connectivity index is 0.00000121. The first kappa shape index (κ1) is 16.4. The van der Waals surface area contributed by atoms with E-state index in [1.807, 2.05) is 0 Å². The standard InChI is InChI=1S/C14H30N.CN/c1-3-5-6-7-8-9-12-15(4-2)13-10-11-14-15;1-2/h3-14H2,1-2H3;/q+1;-1. The number of unbranched alkanes of at least 4 members (excludes halogenated alkanes) is 5. The van der Waals surface area contributed by atoms with Crippen LogP contribution in [0.2, 0.25) is 0 Å². The van der Waals surface area contributed by atoms with Gasteiger partial charge in [0.1, 0.15) is 0 Å². The molecule has 0 aromatic carbocycles. The summed E-state index contributed by atoms with van der Waals surface area (Å²) in [5.74, 6) is 0. The zero-order chi connectivity index (χ0) is 13.0. The molecule has 2 heteroatoms. The van der Waals surface area contributed by atoms with Gasteiger partial charge in [-0.1, -0.05) is 32.6 Å². The van der Waals surface area contributed by atoms with Crippen LogP contribution >= 0.6 is 0 Å². The van der Waals surface area contributed by atoms with Crippen LogP contribution in [-0.4, -0.2) is 30.7 Å². The number of hydrogen-bond donors (Lipinski definition) is 0. The van der Waals surface area contributed by atoms with Gasteiger partial charge in [-0.3, -0.25) is 0 Å².